The Morgan fingerprint density at radius 2 is 1.72 bits per heavy atom. The van der Waals surface area contributed by atoms with Crippen LogP contribution in [0.3, 0.4) is 0 Å². The number of ether oxygens (including phenoxy) is 1. The second-order valence-corrected chi connectivity index (χ2v) is 8.65. The van der Waals surface area contributed by atoms with Crippen LogP contribution >= 0.6 is 0 Å². The molecule has 11 heteroatoms. The quantitative estimate of drug-likeness (QED) is 0.119. The van der Waals surface area contributed by atoms with E-state index in [0.29, 0.717) is 33.5 Å². The average Bonchev–Trinajstić information content (AvgIpc) is 2.71. The molecule has 0 spiro atoms. The molecule has 0 saturated heterocycles. The highest BCUT2D eigenvalue weighted by molar-refractivity contribution is 7.88. The monoisotopic (exact) mass is 468 g/mol. The van der Waals surface area contributed by atoms with Crippen molar-refractivity contribution in [3.05, 3.63) is 60.2 Å². The summed E-state index contributed by atoms with van der Waals surface area (Å²) >= 11 is 0. The Balaban J connectivity index is 1.86. The number of benzene rings is 3. The van der Waals surface area contributed by atoms with Gasteiger partial charge < -0.3 is 8.92 Å². The molecule has 0 unspecified atom stereocenters. The first-order valence-electron chi connectivity index (χ1n) is 9.04. The minimum Gasteiger partial charge on any atom is -0.456 e. The van der Waals surface area contributed by atoms with Gasteiger partial charge in [0.2, 0.25) is 11.2 Å². The van der Waals surface area contributed by atoms with Gasteiger partial charge in [-0.15, -0.1) is 0 Å². The van der Waals surface area contributed by atoms with E-state index in [-0.39, 0.29) is 10.9 Å². The normalized spacial score (nSPS) is 13.2. The first kappa shape index (κ1) is 20.4. The standard InChI is InChI=1S/C21H11F5NO4S/c1-27-15-9-18(31-32(28,29)21(24,25)26)14(23)8-12(15)11-3-2-4-17-19(11)20(27)13-7-10(22)5-6-16(13)30-17/h2-9H,1H3/q+1. The van der Waals surface area contributed by atoms with E-state index in [1.807, 2.05) is 0 Å². The molecule has 4 aromatic rings. The van der Waals surface area contributed by atoms with Crippen LogP contribution in [0.15, 0.2) is 48.5 Å². The highest BCUT2D eigenvalue weighted by Crippen LogP contribution is 2.47. The Kier molecular flexibility index (Phi) is 4.16. The maximum absolute atomic E-state index is 14.6. The van der Waals surface area contributed by atoms with Crippen molar-refractivity contribution in [2.75, 3.05) is 0 Å². The van der Waals surface area contributed by atoms with E-state index in [9.17, 15) is 30.4 Å². The highest BCUT2D eigenvalue weighted by atomic mass is 32.2. The van der Waals surface area contributed by atoms with Crippen molar-refractivity contribution in [3.63, 3.8) is 0 Å². The van der Waals surface area contributed by atoms with E-state index < -0.39 is 33.0 Å². The van der Waals surface area contributed by atoms with Crippen molar-refractivity contribution in [3.8, 4) is 28.5 Å². The molecule has 0 aliphatic carbocycles. The zero-order valence-electron chi connectivity index (χ0n) is 16.0. The van der Waals surface area contributed by atoms with Crippen molar-refractivity contribution in [1.29, 1.82) is 0 Å². The molecule has 5 rings (SSSR count). The van der Waals surface area contributed by atoms with Crippen LogP contribution in [0.5, 0.6) is 17.2 Å². The average molecular weight is 468 g/mol. The second-order valence-electron chi connectivity index (χ2n) is 7.11. The fourth-order valence-corrected chi connectivity index (χ4v) is 4.31. The molecule has 0 bridgehead atoms. The molecule has 1 aromatic heterocycles. The number of alkyl halides is 3. The summed E-state index contributed by atoms with van der Waals surface area (Å²) in [5.74, 6) is -2.18. The van der Waals surface area contributed by atoms with Crippen molar-refractivity contribution in [1.82, 2.24) is 0 Å². The summed E-state index contributed by atoms with van der Waals surface area (Å²) in [6.07, 6.45) is 0. The molecule has 2 heterocycles. The molecule has 0 atom stereocenters. The third-order valence-electron chi connectivity index (χ3n) is 5.20. The van der Waals surface area contributed by atoms with E-state index in [0.717, 1.165) is 12.1 Å². The largest absolute Gasteiger partial charge is 0.534 e. The molecule has 0 N–H and O–H groups in total. The van der Waals surface area contributed by atoms with E-state index in [2.05, 4.69) is 4.18 Å². The molecule has 164 valence electrons. The lowest BCUT2D eigenvalue weighted by Crippen LogP contribution is -2.34. The van der Waals surface area contributed by atoms with E-state index in [1.165, 1.54) is 29.8 Å². The van der Waals surface area contributed by atoms with Crippen molar-refractivity contribution in [2.45, 2.75) is 5.51 Å². The van der Waals surface area contributed by atoms with Gasteiger partial charge in [-0.2, -0.15) is 26.2 Å². The van der Waals surface area contributed by atoms with Gasteiger partial charge in [0.15, 0.2) is 11.6 Å². The van der Waals surface area contributed by atoms with Crippen molar-refractivity contribution >= 4 is 31.8 Å². The van der Waals surface area contributed by atoms with Gasteiger partial charge in [-0.25, -0.2) is 8.78 Å². The molecule has 0 amide bonds. The summed E-state index contributed by atoms with van der Waals surface area (Å²) in [6.45, 7) is 0. The minimum absolute atomic E-state index is 0.163. The van der Waals surface area contributed by atoms with Gasteiger partial charge in [0.25, 0.3) is 0 Å². The molecule has 5 nitrogen and oxygen atoms in total. The predicted molar refractivity (Wildman–Crippen MR) is 104 cm³/mol. The third-order valence-corrected chi connectivity index (χ3v) is 6.17. The summed E-state index contributed by atoms with van der Waals surface area (Å²) in [7, 11) is -4.55. The Hall–Kier alpha value is -3.47. The summed E-state index contributed by atoms with van der Waals surface area (Å²) in [5.41, 5.74) is -4.74. The van der Waals surface area contributed by atoms with Gasteiger partial charge in [-0.05, 0) is 30.3 Å². The van der Waals surface area contributed by atoms with Gasteiger partial charge in [0.05, 0.1) is 22.4 Å². The third kappa shape index (κ3) is 2.88. The maximum atomic E-state index is 14.6. The van der Waals surface area contributed by atoms with Crippen LogP contribution in [0.2, 0.25) is 0 Å². The van der Waals surface area contributed by atoms with Gasteiger partial charge in [-0.3, -0.25) is 0 Å². The Bertz CT molecular complexity index is 1570. The maximum Gasteiger partial charge on any atom is 0.534 e. The van der Waals surface area contributed by atoms with Crippen LogP contribution < -0.4 is 13.5 Å². The molecular formula is C21H11F5NO4S+. The fourth-order valence-electron chi connectivity index (χ4n) is 3.85. The summed E-state index contributed by atoms with van der Waals surface area (Å²) in [4.78, 5) is 0. The molecule has 0 saturated carbocycles. The number of aromatic nitrogens is 1. The topological polar surface area (TPSA) is 56.5 Å². The van der Waals surface area contributed by atoms with Crippen LogP contribution in [0.4, 0.5) is 22.0 Å². The molecule has 32 heavy (non-hydrogen) atoms. The van der Waals surface area contributed by atoms with Crippen molar-refractivity contribution < 1.29 is 43.9 Å². The Labute approximate surface area is 177 Å². The van der Waals surface area contributed by atoms with Gasteiger partial charge in [0, 0.05) is 5.39 Å². The van der Waals surface area contributed by atoms with E-state index in [4.69, 9.17) is 4.74 Å². The number of pyridine rings is 1. The molecule has 1 aliphatic rings. The lowest BCUT2D eigenvalue weighted by molar-refractivity contribution is -0.632. The zero-order chi connectivity index (χ0) is 23.0. The fraction of sp³-hybridized carbons (Fsp3) is 0.0952. The smallest absolute Gasteiger partial charge is 0.456 e. The van der Waals surface area contributed by atoms with E-state index in [1.54, 1.807) is 18.2 Å². The predicted octanol–water partition coefficient (Wildman–Crippen LogP) is 5.10. The van der Waals surface area contributed by atoms with Crippen LogP contribution in [0.25, 0.3) is 32.9 Å². The minimum atomic E-state index is -6.08. The number of nitrogens with zero attached hydrogens (tertiary/aromatic N) is 1. The van der Waals surface area contributed by atoms with Crippen LogP contribution in [0, 0.1) is 11.6 Å². The van der Waals surface area contributed by atoms with Crippen LogP contribution in [-0.2, 0) is 17.2 Å². The zero-order valence-corrected chi connectivity index (χ0v) is 16.8. The molecular weight excluding hydrogens is 457 g/mol. The highest BCUT2D eigenvalue weighted by Gasteiger charge is 2.49. The van der Waals surface area contributed by atoms with Crippen LogP contribution in [-0.4, -0.2) is 13.9 Å². The summed E-state index contributed by atoms with van der Waals surface area (Å²) in [6, 6.07) is 10.6. The molecule has 0 fully saturated rings. The lowest BCUT2D eigenvalue weighted by Gasteiger charge is -2.20. The van der Waals surface area contributed by atoms with Gasteiger partial charge in [0.1, 0.15) is 24.4 Å². The summed E-state index contributed by atoms with van der Waals surface area (Å²) in [5, 5.41) is 1.28. The SMILES string of the molecule is C[n+]1c2c3c(cccc3c3cc(F)c(OS(=O)(=O)C(F)(F)F)cc31)Oc1ccc(F)cc1-2. The van der Waals surface area contributed by atoms with Crippen LogP contribution in [0.1, 0.15) is 0 Å². The first-order chi connectivity index (χ1) is 15.0. The number of aryl methyl sites for hydroxylation is 1. The number of halogens is 5. The van der Waals surface area contributed by atoms with Gasteiger partial charge in [-0.1, -0.05) is 12.1 Å². The molecule has 0 radical (unpaired) electrons. The molecule has 3 aromatic carbocycles. The number of hydrogen-bond acceptors (Lipinski definition) is 4. The number of rotatable bonds is 2. The number of fused-ring (bicyclic) bond motifs is 4. The Morgan fingerprint density at radius 1 is 0.969 bits per heavy atom. The Morgan fingerprint density at radius 3 is 2.44 bits per heavy atom. The van der Waals surface area contributed by atoms with Gasteiger partial charge >= 0.3 is 15.6 Å². The summed E-state index contributed by atoms with van der Waals surface area (Å²) < 4.78 is 101. The van der Waals surface area contributed by atoms with E-state index >= 15 is 0 Å². The first-order valence-corrected chi connectivity index (χ1v) is 10.5. The lowest BCUT2D eigenvalue weighted by atomic mass is 9.96. The number of hydrogen-bond donors (Lipinski definition) is 0. The second kappa shape index (κ2) is 6.52. The molecule has 1 aliphatic heterocycles. The van der Waals surface area contributed by atoms with Crippen molar-refractivity contribution in [2.24, 2.45) is 7.05 Å².